The summed E-state index contributed by atoms with van der Waals surface area (Å²) in [5.41, 5.74) is -1.22. The minimum absolute atomic E-state index is 0.0560. The number of pyridine rings is 1. The highest BCUT2D eigenvalue weighted by Gasteiger charge is 2.37. The topological polar surface area (TPSA) is 63.1 Å². The Morgan fingerprint density at radius 3 is 2.81 bits per heavy atom. The molecule has 2 aliphatic rings. The van der Waals surface area contributed by atoms with E-state index >= 15 is 0 Å². The highest BCUT2D eigenvalue weighted by molar-refractivity contribution is 8.02. The molecule has 0 radical (unpaired) electrons. The van der Waals surface area contributed by atoms with Crippen LogP contribution in [0.25, 0.3) is 0 Å². The van der Waals surface area contributed by atoms with Crippen molar-refractivity contribution in [1.29, 1.82) is 0 Å². The average Bonchev–Trinajstić information content (AvgIpc) is 2.91. The molecule has 3 unspecified atom stereocenters. The molecule has 2 N–H and O–H groups in total. The van der Waals surface area contributed by atoms with Crippen LogP contribution in [0.3, 0.4) is 0 Å². The second-order valence-electron chi connectivity index (χ2n) is 6.38. The number of nitrogens with one attached hydrogen (secondary N) is 2. The van der Waals surface area contributed by atoms with Gasteiger partial charge in [-0.05, 0) is 6.42 Å². The van der Waals surface area contributed by atoms with Gasteiger partial charge in [-0.15, -0.1) is 23.4 Å². The van der Waals surface area contributed by atoms with Gasteiger partial charge in [0.1, 0.15) is 0 Å². The van der Waals surface area contributed by atoms with Crippen LogP contribution in [-0.2, 0) is 11.3 Å². The summed E-state index contributed by atoms with van der Waals surface area (Å²) in [6.07, 6.45) is -1.37. The van der Waals surface area contributed by atoms with Crippen LogP contribution < -0.4 is 16.2 Å². The number of rotatable bonds is 4. The highest BCUT2D eigenvalue weighted by atomic mass is 35.5. The van der Waals surface area contributed by atoms with Gasteiger partial charge in [0.05, 0.1) is 22.2 Å². The number of anilines is 1. The number of aromatic nitrogens is 1. The molecule has 1 aromatic rings. The molecular weight excluding hydrogens is 403 g/mol. The van der Waals surface area contributed by atoms with E-state index in [1.165, 1.54) is 11.8 Å². The van der Waals surface area contributed by atoms with Crippen LogP contribution in [0.2, 0.25) is 0 Å². The van der Waals surface area contributed by atoms with Gasteiger partial charge in [-0.3, -0.25) is 9.59 Å². The summed E-state index contributed by atoms with van der Waals surface area (Å²) in [6.45, 7) is 0.752. The van der Waals surface area contributed by atoms with Crippen LogP contribution in [0.5, 0.6) is 0 Å². The maximum absolute atomic E-state index is 13.7. The van der Waals surface area contributed by atoms with Gasteiger partial charge in [-0.2, -0.15) is 0 Å². The van der Waals surface area contributed by atoms with E-state index in [1.807, 2.05) is 0 Å². The molecule has 0 saturated carbocycles. The second-order valence-corrected chi connectivity index (χ2v) is 8.45. The maximum atomic E-state index is 13.7. The summed E-state index contributed by atoms with van der Waals surface area (Å²) < 4.78 is 38.9. The van der Waals surface area contributed by atoms with E-state index in [0.29, 0.717) is 16.9 Å². The van der Waals surface area contributed by atoms with Gasteiger partial charge in [0, 0.05) is 37.2 Å². The zero-order valence-electron chi connectivity index (χ0n) is 14.1. The molecule has 0 spiro atoms. The van der Waals surface area contributed by atoms with Crippen molar-refractivity contribution >= 4 is 35.0 Å². The lowest BCUT2D eigenvalue weighted by atomic mass is 10.0. The van der Waals surface area contributed by atoms with Crippen molar-refractivity contribution in [3.63, 3.8) is 0 Å². The van der Waals surface area contributed by atoms with Crippen LogP contribution in [-0.4, -0.2) is 39.9 Å². The number of hydrogen-bond donors (Lipinski definition) is 2. The van der Waals surface area contributed by atoms with Crippen molar-refractivity contribution in [3.8, 4) is 11.8 Å². The summed E-state index contributed by atoms with van der Waals surface area (Å²) in [6, 6.07) is 0.820. The molecule has 3 heterocycles. The van der Waals surface area contributed by atoms with E-state index in [-0.39, 0.29) is 16.3 Å². The van der Waals surface area contributed by atoms with E-state index in [1.54, 1.807) is 0 Å². The van der Waals surface area contributed by atoms with Crippen molar-refractivity contribution in [1.82, 2.24) is 9.88 Å². The van der Waals surface area contributed by atoms with Gasteiger partial charge in [-0.1, -0.05) is 11.8 Å². The first kappa shape index (κ1) is 20.1. The van der Waals surface area contributed by atoms with E-state index in [9.17, 15) is 22.8 Å². The Balaban J connectivity index is 1.65. The predicted molar refractivity (Wildman–Crippen MR) is 98.6 cm³/mol. The fourth-order valence-electron chi connectivity index (χ4n) is 2.73. The average molecular weight is 420 g/mol. The molecule has 146 valence electrons. The van der Waals surface area contributed by atoms with Gasteiger partial charge in [0.2, 0.25) is 5.91 Å². The summed E-state index contributed by atoms with van der Waals surface area (Å²) in [5.74, 6) is 4.79. The molecule has 2 saturated heterocycles. The molecule has 27 heavy (non-hydrogen) atoms. The zero-order chi connectivity index (χ0) is 19.6. The van der Waals surface area contributed by atoms with Gasteiger partial charge >= 0.3 is 0 Å². The summed E-state index contributed by atoms with van der Waals surface area (Å²) in [5, 5.41) is 5.10. The Morgan fingerprint density at radius 2 is 2.19 bits per heavy atom. The molecular formula is C17H17ClF3N3O2S. The Hall–Kier alpha value is -1.63. The monoisotopic (exact) mass is 419 g/mol. The number of carbonyl (C=O) groups excluding carboxylic acids is 1. The molecule has 1 aromatic heterocycles. The third-order valence-electron chi connectivity index (χ3n) is 4.27. The Morgan fingerprint density at radius 1 is 1.44 bits per heavy atom. The second kappa shape index (κ2) is 8.59. The van der Waals surface area contributed by atoms with E-state index in [2.05, 4.69) is 22.5 Å². The summed E-state index contributed by atoms with van der Waals surface area (Å²) in [4.78, 5) is 24.0. The van der Waals surface area contributed by atoms with Crippen LogP contribution in [0.1, 0.15) is 6.42 Å². The fourth-order valence-corrected chi connectivity index (χ4v) is 4.45. The zero-order valence-corrected chi connectivity index (χ0v) is 15.6. The normalized spacial score (nSPS) is 25.0. The van der Waals surface area contributed by atoms with Gasteiger partial charge < -0.3 is 15.2 Å². The lowest BCUT2D eigenvalue weighted by molar-refractivity contribution is -0.115. The van der Waals surface area contributed by atoms with Crippen molar-refractivity contribution in [2.75, 3.05) is 18.4 Å². The van der Waals surface area contributed by atoms with Crippen LogP contribution in [0.4, 0.5) is 18.9 Å². The lowest BCUT2D eigenvalue weighted by Gasteiger charge is -2.21. The van der Waals surface area contributed by atoms with E-state index in [4.69, 9.17) is 11.6 Å². The third kappa shape index (κ3) is 5.00. The Kier molecular flexibility index (Phi) is 6.40. The van der Waals surface area contributed by atoms with Crippen molar-refractivity contribution in [3.05, 3.63) is 28.4 Å². The highest BCUT2D eigenvalue weighted by Crippen LogP contribution is 2.41. The number of carbonyl (C=O) groups is 1. The molecule has 2 aliphatic heterocycles. The van der Waals surface area contributed by atoms with Crippen LogP contribution in [0.15, 0.2) is 17.1 Å². The number of alkyl halides is 3. The summed E-state index contributed by atoms with van der Waals surface area (Å²) in [7, 11) is 0. The molecule has 3 atom stereocenters. The Bertz CT molecular complexity index is 835. The first-order valence-corrected chi connectivity index (χ1v) is 9.71. The number of thioether (sulfide) groups is 1. The molecule has 3 rings (SSSR count). The standard InChI is InChI=1S/C17H17ClF3N3O2S/c18-15-10(2-1-9-5-22-6-9)3-13(27-15)16(25)23-11-4-12(19)17(26)24(7-11)8-14(20)21/h4,7,9-10,13-15,22H,3,5-6,8H2,(H,23,25). The largest absolute Gasteiger partial charge is 0.324 e. The number of halogens is 4. The van der Waals surface area contributed by atoms with Gasteiger partial charge in [-0.25, -0.2) is 13.2 Å². The minimum Gasteiger partial charge on any atom is -0.324 e. The molecule has 1 amide bonds. The lowest BCUT2D eigenvalue weighted by Crippen LogP contribution is -2.41. The van der Waals surface area contributed by atoms with Crippen LogP contribution >= 0.6 is 23.4 Å². The number of amides is 1. The number of hydrogen-bond acceptors (Lipinski definition) is 4. The first-order valence-electron chi connectivity index (χ1n) is 8.34. The SMILES string of the molecule is O=C(Nc1cc(F)c(=O)n(CC(F)F)c1)C1CC(C#CC2CNC2)C(Cl)S1. The van der Waals surface area contributed by atoms with E-state index in [0.717, 1.165) is 25.4 Å². The van der Waals surface area contributed by atoms with Gasteiger partial charge in [0.25, 0.3) is 12.0 Å². The molecule has 5 nitrogen and oxygen atoms in total. The molecule has 0 aliphatic carbocycles. The molecule has 0 aromatic carbocycles. The van der Waals surface area contributed by atoms with Crippen molar-refractivity contribution in [2.24, 2.45) is 11.8 Å². The fraction of sp³-hybridized carbons (Fsp3) is 0.529. The van der Waals surface area contributed by atoms with E-state index < -0.39 is 35.5 Å². The van der Waals surface area contributed by atoms with Gasteiger partial charge in [0.15, 0.2) is 5.82 Å². The summed E-state index contributed by atoms with van der Waals surface area (Å²) >= 11 is 7.52. The first-order chi connectivity index (χ1) is 12.8. The predicted octanol–water partition coefficient (Wildman–Crippen LogP) is 2.10. The van der Waals surface area contributed by atoms with Crippen LogP contribution in [0, 0.1) is 29.5 Å². The quantitative estimate of drug-likeness (QED) is 0.579. The molecule has 10 heteroatoms. The smallest absolute Gasteiger partial charge is 0.286 e. The number of nitrogens with zero attached hydrogens (tertiary/aromatic N) is 1. The molecule has 0 bridgehead atoms. The third-order valence-corrected chi connectivity index (χ3v) is 6.21. The molecule has 2 fully saturated rings. The van der Waals surface area contributed by atoms with Crippen molar-refractivity contribution in [2.45, 2.75) is 29.4 Å². The minimum atomic E-state index is -2.82. The maximum Gasteiger partial charge on any atom is 0.286 e. The Labute approximate surface area is 163 Å². The van der Waals surface area contributed by atoms with Crippen molar-refractivity contribution < 1.29 is 18.0 Å².